The third-order valence-electron chi connectivity index (χ3n) is 3.54. The SMILES string of the molecule is Cc1nc2ccc(C(=O)O)cc2c(-c2ccc(F)cc2F)c1Cl. The monoisotopic (exact) mass is 333 g/mol. The number of halogens is 3. The van der Waals surface area contributed by atoms with Gasteiger partial charge in [0.15, 0.2) is 0 Å². The Bertz CT molecular complexity index is 957. The molecule has 1 heterocycles. The highest BCUT2D eigenvalue weighted by atomic mass is 35.5. The summed E-state index contributed by atoms with van der Waals surface area (Å²) in [5, 5.41) is 9.74. The summed E-state index contributed by atoms with van der Waals surface area (Å²) >= 11 is 6.28. The minimum Gasteiger partial charge on any atom is -0.478 e. The third-order valence-corrected chi connectivity index (χ3v) is 4.00. The van der Waals surface area contributed by atoms with Crippen molar-refractivity contribution < 1.29 is 18.7 Å². The van der Waals surface area contributed by atoms with E-state index in [1.165, 1.54) is 24.3 Å². The maximum absolute atomic E-state index is 14.2. The van der Waals surface area contributed by atoms with Gasteiger partial charge in [0, 0.05) is 22.6 Å². The molecule has 3 nitrogen and oxygen atoms in total. The summed E-state index contributed by atoms with van der Waals surface area (Å²) in [6.45, 7) is 1.66. The molecule has 0 radical (unpaired) electrons. The maximum Gasteiger partial charge on any atom is 0.335 e. The van der Waals surface area contributed by atoms with Crippen LogP contribution in [0, 0.1) is 18.6 Å². The van der Waals surface area contributed by atoms with Crippen LogP contribution in [0.25, 0.3) is 22.0 Å². The van der Waals surface area contributed by atoms with Crippen LogP contribution in [0.15, 0.2) is 36.4 Å². The van der Waals surface area contributed by atoms with E-state index in [2.05, 4.69) is 4.98 Å². The first-order valence-corrected chi connectivity index (χ1v) is 7.05. The molecule has 0 unspecified atom stereocenters. The summed E-state index contributed by atoms with van der Waals surface area (Å²) in [7, 11) is 0. The van der Waals surface area contributed by atoms with Gasteiger partial charge in [-0.2, -0.15) is 0 Å². The van der Waals surface area contributed by atoms with Crippen LogP contribution in [-0.2, 0) is 0 Å². The minimum absolute atomic E-state index is 0.0305. The van der Waals surface area contributed by atoms with Crippen LogP contribution in [0.5, 0.6) is 0 Å². The van der Waals surface area contributed by atoms with Crippen molar-refractivity contribution in [1.82, 2.24) is 4.98 Å². The van der Waals surface area contributed by atoms with Gasteiger partial charge in [0.05, 0.1) is 21.8 Å². The largest absolute Gasteiger partial charge is 0.478 e. The second kappa shape index (κ2) is 5.59. The van der Waals surface area contributed by atoms with Gasteiger partial charge in [0.25, 0.3) is 0 Å². The van der Waals surface area contributed by atoms with E-state index in [0.717, 1.165) is 12.1 Å². The van der Waals surface area contributed by atoms with Crippen molar-refractivity contribution in [2.45, 2.75) is 6.92 Å². The average Bonchev–Trinajstić information content (AvgIpc) is 2.49. The van der Waals surface area contributed by atoms with Gasteiger partial charge in [0.2, 0.25) is 0 Å². The van der Waals surface area contributed by atoms with E-state index in [1.54, 1.807) is 6.92 Å². The van der Waals surface area contributed by atoms with Crippen LogP contribution < -0.4 is 0 Å². The predicted octanol–water partition coefficient (Wildman–Crippen LogP) is 4.84. The van der Waals surface area contributed by atoms with Gasteiger partial charge in [0.1, 0.15) is 11.6 Å². The fraction of sp³-hybridized carbons (Fsp3) is 0.0588. The van der Waals surface area contributed by atoms with Crippen molar-refractivity contribution in [2.75, 3.05) is 0 Å². The summed E-state index contributed by atoms with van der Waals surface area (Å²) in [6.07, 6.45) is 0. The van der Waals surface area contributed by atoms with Gasteiger partial charge in [-0.3, -0.25) is 4.98 Å². The lowest BCUT2D eigenvalue weighted by atomic mass is 9.98. The molecule has 3 aromatic rings. The lowest BCUT2D eigenvalue weighted by Gasteiger charge is -2.13. The van der Waals surface area contributed by atoms with Crippen LogP contribution in [-0.4, -0.2) is 16.1 Å². The number of carboxylic acids is 1. The van der Waals surface area contributed by atoms with Crippen LogP contribution >= 0.6 is 11.6 Å². The van der Waals surface area contributed by atoms with Gasteiger partial charge in [-0.25, -0.2) is 13.6 Å². The van der Waals surface area contributed by atoms with E-state index in [9.17, 15) is 13.6 Å². The molecule has 1 aromatic heterocycles. The predicted molar refractivity (Wildman–Crippen MR) is 83.8 cm³/mol. The fourth-order valence-corrected chi connectivity index (χ4v) is 2.70. The zero-order valence-corrected chi connectivity index (χ0v) is 12.7. The van der Waals surface area contributed by atoms with E-state index in [1.807, 2.05) is 0 Å². The van der Waals surface area contributed by atoms with Gasteiger partial charge in [-0.1, -0.05) is 11.6 Å². The topological polar surface area (TPSA) is 50.2 Å². The lowest BCUT2D eigenvalue weighted by molar-refractivity contribution is 0.0697. The second-order valence-corrected chi connectivity index (χ2v) is 5.43. The first-order valence-electron chi connectivity index (χ1n) is 6.67. The molecule has 116 valence electrons. The van der Waals surface area contributed by atoms with Crippen LogP contribution in [0.3, 0.4) is 0 Å². The minimum atomic E-state index is -1.12. The first kappa shape index (κ1) is 15.4. The second-order valence-electron chi connectivity index (χ2n) is 5.05. The molecule has 0 saturated heterocycles. The van der Waals surface area contributed by atoms with E-state index >= 15 is 0 Å². The van der Waals surface area contributed by atoms with Crippen LogP contribution in [0.1, 0.15) is 16.1 Å². The Kier molecular flexibility index (Phi) is 3.74. The smallest absolute Gasteiger partial charge is 0.335 e. The highest BCUT2D eigenvalue weighted by Gasteiger charge is 2.18. The molecule has 0 bridgehead atoms. The summed E-state index contributed by atoms with van der Waals surface area (Å²) < 4.78 is 27.4. The Morgan fingerprint density at radius 1 is 1.17 bits per heavy atom. The molecule has 0 fully saturated rings. The molecule has 0 aliphatic rings. The Morgan fingerprint density at radius 2 is 1.91 bits per heavy atom. The average molecular weight is 334 g/mol. The van der Waals surface area contributed by atoms with Gasteiger partial charge >= 0.3 is 5.97 Å². The number of fused-ring (bicyclic) bond motifs is 1. The summed E-state index contributed by atoms with van der Waals surface area (Å²) in [5.41, 5.74) is 1.38. The van der Waals surface area contributed by atoms with E-state index < -0.39 is 17.6 Å². The van der Waals surface area contributed by atoms with Crippen LogP contribution in [0.4, 0.5) is 8.78 Å². The number of aromatic carboxylic acids is 1. The van der Waals surface area contributed by atoms with Gasteiger partial charge in [-0.05, 0) is 37.3 Å². The lowest BCUT2D eigenvalue weighted by Crippen LogP contribution is -1.99. The molecule has 2 aromatic carbocycles. The van der Waals surface area contributed by atoms with Crippen molar-refractivity contribution in [3.05, 3.63) is 64.3 Å². The fourth-order valence-electron chi connectivity index (χ4n) is 2.45. The quantitative estimate of drug-likeness (QED) is 0.730. The number of pyridine rings is 1. The first-order chi connectivity index (χ1) is 10.9. The molecule has 0 aliphatic carbocycles. The highest BCUT2D eigenvalue weighted by molar-refractivity contribution is 6.35. The number of aryl methyl sites for hydroxylation is 1. The Labute approximate surface area is 135 Å². The number of carbonyl (C=O) groups is 1. The molecular weight excluding hydrogens is 324 g/mol. The van der Waals surface area contributed by atoms with Crippen molar-refractivity contribution in [2.24, 2.45) is 0 Å². The molecular formula is C17H10ClF2NO2. The maximum atomic E-state index is 14.2. The zero-order valence-electron chi connectivity index (χ0n) is 11.9. The molecule has 0 amide bonds. The van der Waals surface area contributed by atoms with Gasteiger partial charge in [-0.15, -0.1) is 0 Å². The Balaban J connectivity index is 2.43. The summed E-state index contributed by atoms with van der Waals surface area (Å²) in [5.74, 6) is -2.60. The molecule has 3 rings (SSSR count). The molecule has 0 aliphatic heterocycles. The Morgan fingerprint density at radius 3 is 2.57 bits per heavy atom. The normalized spacial score (nSPS) is 11.0. The van der Waals surface area contributed by atoms with Crippen molar-refractivity contribution >= 4 is 28.5 Å². The summed E-state index contributed by atoms with van der Waals surface area (Å²) in [4.78, 5) is 15.5. The highest BCUT2D eigenvalue weighted by Crippen LogP contribution is 2.38. The van der Waals surface area contributed by atoms with Gasteiger partial charge < -0.3 is 5.11 Å². The number of aromatic nitrogens is 1. The number of nitrogens with zero attached hydrogens (tertiary/aromatic N) is 1. The molecule has 6 heteroatoms. The van der Waals surface area contributed by atoms with Crippen molar-refractivity contribution in [3.63, 3.8) is 0 Å². The molecule has 0 atom stereocenters. The molecule has 23 heavy (non-hydrogen) atoms. The molecule has 0 spiro atoms. The number of rotatable bonds is 2. The molecule has 1 N–H and O–H groups in total. The van der Waals surface area contributed by atoms with E-state index in [4.69, 9.17) is 16.7 Å². The third kappa shape index (κ3) is 2.64. The Hall–Kier alpha value is -2.53. The summed E-state index contributed by atoms with van der Waals surface area (Å²) in [6, 6.07) is 7.49. The van der Waals surface area contributed by atoms with Crippen LogP contribution in [0.2, 0.25) is 5.02 Å². The number of benzene rings is 2. The van der Waals surface area contributed by atoms with Crippen molar-refractivity contribution in [3.8, 4) is 11.1 Å². The number of hydrogen-bond donors (Lipinski definition) is 1. The van der Waals surface area contributed by atoms with E-state index in [-0.39, 0.29) is 16.1 Å². The number of carboxylic acid groups (broad SMARTS) is 1. The molecule has 0 saturated carbocycles. The standard InChI is InChI=1S/C17H10ClF2NO2/c1-8-16(18)15(11-4-3-10(19)7-13(11)20)12-6-9(17(22)23)2-5-14(12)21-8/h2-7H,1H3,(H,22,23). The number of hydrogen-bond acceptors (Lipinski definition) is 2. The van der Waals surface area contributed by atoms with Crippen molar-refractivity contribution in [1.29, 1.82) is 0 Å². The zero-order chi connectivity index (χ0) is 16.7. The van der Waals surface area contributed by atoms with E-state index in [0.29, 0.717) is 22.2 Å².